The maximum Gasteiger partial charge on any atom is 0.323 e. The molecule has 2 aliphatic carbocycles. The molecule has 0 spiro atoms. The number of benzene rings is 4. The predicted octanol–water partition coefficient (Wildman–Crippen LogP) is 2.55. The van der Waals surface area contributed by atoms with E-state index < -0.39 is 112 Å². The number of ketones is 2. The number of hydrogen-bond donors (Lipinski definition) is 10. The Kier molecular flexibility index (Phi) is 11.0. The van der Waals surface area contributed by atoms with E-state index in [2.05, 4.69) is 21.1 Å². The Hall–Kier alpha value is -6.85. The van der Waals surface area contributed by atoms with Gasteiger partial charge in [-0.15, -0.1) is 0 Å². The number of urea groups is 1. The van der Waals surface area contributed by atoms with Gasteiger partial charge in [-0.2, -0.15) is 43.9 Å². The predicted molar refractivity (Wildman–Crippen MR) is 209 cm³/mol. The van der Waals surface area contributed by atoms with Gasteiger partial charge in [0, 0.05) is 23.3 Å². The van der Waals surface area contributed by atoms with Gasteiger partial charge in [-0.3, -0.25) is 38.7 Å². The zero-order valence-electron chi connectivity index (χ0n) is 29.3. The molecule has 0 radical (unpaired) electrons. The number of phenolic OH excluding ortho intramolecular Hbond substituents is 2. The van der Waals surface area contributed by atoms with Gasteiger partial charge in [0.1, 0.15) is 32.7 Å². The van der Waals surface area contributed by atoms with Gasteiger partial charge in [0.25, 0.3) is 40.5 Å². The lowest BCUT2D eigenvalue weighted by Crippen LogP contribution is -2.22. The van der Waals surface area contributed by atoms with Crippen molar-refractivity contribution in [2.75, 3.05) is 21.5 Å². The monoisotopic (exact) mass is 904 g/mol. The van der Waals surface area contributed by atoms with Crippen LogP contribution in [0.5, 0.6) is 11.5 Å². The Bertz CT molecular complexity index is 2970. The van der Waals surface area contributed by atoms with E-state index in [1.165, 1.54) is 12.2 Å². The summed E-state index contributed by atoms with van der Waals surface area (Å²) in [5.41, 5.74) is 1.33. The molecule has 2 amide bonds. The van der Waals surface area contributed by atoms with E-state index in [1.54, 1.807) is 0 Å². The van der Waals surface area contributed by atoms with E-state index in [-0.39, 0.29) is 33.7 Å². The number of carbonyl (C=O) groups is 3. The number of nitrogens with zero attached hydrogens (tertiary/aromatic N) is 2. The first-order valence-corrected chi connectivity index (χ1v) is 21.7. The van der Waals surface area contributed by atoms with Crippen LogP contribution in [0.25, 0.3) is 12.2 Å². The molecule has 0 aromatic heterocycles. The Labute approximate surface area is 337 Å². The molecule has 0 heterocycles. The first kappa shape index (κ1) is 42.7. The average molecular weight is 905 g/mol. The number of carbonyl (C=O) groups excluding carboxylic acids is 3. The first-order chi connectivity index (χ1) is 27.8. The third-order valence-corrected chi connectivity index (χ3v) is 11.8. The summed E-state index contributed by atoms with van der Waals surface area (Å²) in [5, 5.41) is 33.0. The number of allylic oxidation sites excluding steroid dienone is 2. The van der Waals surface area contributed by atoms with Gasteiger partial charge >= 0.3 is 6.03 Å². The Morgan fingerprint density at radius 1 is 0.483 bits per heavy atom. The second-order valence-corrected chi connectivity index (χ2v) is 17.9. The second-order valence-electron chi connectivity index (χ2n) is 12.2. The van der Waals surface area contributed by atoms with E-state index in [4.69, 9.17) is 0 Å². The minimum atomic E-state index is -5.27. The van der Waals surface area contributed by atoms with Crippen molar-refractivity contribution in [3.05, 3.63) is 95.1 Å². The molecule has 2 aliphatic rings. The number of aromatic hydroxyl groups is 2. The minimum Gasteiger partial charge on any atom is -0.506 e. The van der Waals surface area contributed by atoms with Crippen molar-refractivity contribution in [3.8, 4) is 11.5 Å². The summed E-state index contributed by atoms with van der Waals surface area (Å²) < 4.78 is 134. The quantitative estimate of drug-likeness (QED) is 0.0621. The molecule has 0 fully saturated rings. The molecule has 0 aliphatic heterocycles. The molecule has 0 saturated carbocycles. The summed E-state index contributed by atoms with van der Waals surface area (Å²) >= 11 is 0. The van der Waals surface area contributed by atoms with Crippen molar-refractivity contribution >= 4 is 104 Å². The highest BCUT2D eigenvalue weighted by atomic mass is 32.2. The molecule has 0 bridgehead atoms. The molecule has 0 saturated heterocycles. The summed E-state index contributed by atoms with van der Waals surface area (Å²) in [6.45, 7) is 0. The van der Waals surface area contributed by atoms with Crippen molar-refractivity contribution in [2.45, 2.75) is 19.6 Å². The number of nitrogens with one attached hydrogen (secondary N) is 4. The van der Waals surface area contributed by atoms with Crippen molar-refractivity contribution in [2.24, 2.45) is 10.2 Å². The summed E-state index contributed by atoms with van der Waals surface area (Å²) in [4.78, 5) is 35.1. The lowest BCUT2D eigenvalue weighted by molar-refractivity contribution is -0.109. The lowest BCUT2D eigenvalue weighted by Gasteiger charge is -2.16. The van der Waals surface area contributed by atoms with Gasteiger partial charge < -0.3 is 20.8 Å². The molecule has 4 aromatic carbocycles. The Morgan fingerprint density at radius 3 is 1.18 bits per heavy atom. The molecule has 312 valence electrons. The van der Waals surface area contributed by atoms with Crippen molar-refractivity contribution in [1.82, 2.24) is 0 Å². The third-order valence-electron chi connectivity index (χ3n) is 8.27. The molecular formula is C33H24N6O17S4. The van der Waals surface area contributed by atoms with Crippen LogP contribution in [-0.4, -0.2) is 91.1 Å². The molecule has 0 unspecified atom stereocenters. The van der Waals surface area contributed by atoms with Crippen LogP contribution >= 0.6 is 0 Å². The zero-order valence-corrected chi connectivity index (χ0v) is 32.6. The SMILES string of the molecule is O=C(Nc1cc(O)c(NN=C2C(=O)C=Cc3cc(S(=O)(=O)O)ccc32)cc1S(=O)(=O)O)Nc1cc(O)c(NN=C2C(=O)C=Cc3cc(S(=O)(=O)O)ccc32)cc1S(=O)(=O)O. The molecule has 60 heavy (non-hydrogen) atoms. The van der Waals surface area contributed by atoms with E-state index in [0.717, 1.165) is 48.6 Å². The van der Waals surface area contributed by atoms with E-state index >= 15 is 0 Å². The van der Waals surface area contributed by atoms with Gasteiger partial charge in [-0.25, -0.2) is 4.79 Å². The van der Waals surface area contributed by atoms with Gasteiger partial charge in [-0.05, 0) is 59.7 Å². The van der Waals surface area contributed by atoms with Gasteiger partial charge in [0.15, 0.2) is 0 Å². The summed E-state index contributed by atoms with van der Waals surface area (Å²) in [5.74, 6) is -3.17. The smallest absolute Gasteiger partial charge is 0.323 e. The Morgan fingerprint density at radius 2 is 0.850 bits per heavy atom. The molecule has 27 heteroatoms. The van der Waals surface area contributed by atoms with Crippen molar-refractivity contribution in [3.63, 3.8) is 0 Å². The highest BCUT2D eigenvalue weighted by Gasteiger charge is 2.27. The molecule has 4 aromatic rings. The van der Waals surface area contributed by atoms with Gasteiger partial charge in [0.2, 0.25) is 11.6 Å². The van der Waals surface area contributed by atoms with E-state index in [1.807, 2.05) is 10.6 Å². The van der Waals surface area contributed by atoms with E-state index in [9.17, 15) is 76.5 Å². The van der Waals surface area contributed by atoms with Crippen LogP contribution in [0.15, 0.2) is 103 Å². The fourth-order valence-electron chi connectivity index (χ4n) is 5.54. The maximum absolute atomic E-state index is 13.1. The number of phenols is 2. The normalized spacial score (nSPS) is 15.4. The summed E-state index contributed by atoms with van der Waals surface area (Å²) in [7, 11) is -19.8. The zero-order chi connectivity index (χ0) is 44.1. The van der Waals surface area contributed by atoms with Crippen LogP contribution in [0.2, 0.25) is 0 Å². The average Bonchev–Trinajstić information content (AvgIpc) is 3.13. The van der Waals surface area contributed by atoms with Gasteiger partial charge in [0.05, 0.1) is 32.5 Å². The van der Waals surface area contributed by atoms with Gasteiger partial charge in [-0.1, -0.05) is 24.3 Å². The molecule has 0 atom stereocenters. The van der Waals surface area contributed by atoms with E-state index in [0.29, 0.717) is 24.3 Å². The van der Waals surface area contributed by atoms with Crippen LogP contribution in [0.3, 0.4) is 0 Å². The topological polar surface area (TPSA) is 382 Å². The van der Waals surface area contributed by atoms with Crippen LogP contribution in [0, 0.1) is 0 Å². The number of rotatable bonds is 10. The van der Waals surface area contributed by atoms with Crippen LogP contribution in [0.4, 0.5) is 27.5 Å². The number of amides is 2. The second kappa shape index (κ2) is 15.4. The number of fused-ring (bicyclic) bond motifs is 2. The molecule has 6 rings (SSSR count). The molecule has 10 N–H and O–H groups in total. The van der Waals surface area contributed by atoms with Crippen molar-refractivity contribution < 1.29 is 76.5 Å². The summed E-state index contributed by atoms with van der Waals surface area (Å²) in [6.07, 6.45) is 4.48. The third kappa shape index (κ3) is 9.06. The lowest BCUT2D eigenvalue weighted by atomic mass is 9.95. The highest BCUT2D eigenvalue weighted by molar-refractivity contribution is 7.86. The largest absolute Gasteiger partial charge is 0.506 e. The number of hydrazone groups is 2. The standard InChI is InChI=1S/C33H24N6O17S4/c40-25-7-1-15-9-17(57(45,46)47)3-5-19(15)31(25)38-36-21-13-29(59(51,52)53)23(11-27(21)42)34-33(44)35-24-12-28(43)22(14-30(24)60(54,55)56)37-39-32-20-6-4-18(58(48,49)50)10-16(20)2-8-26(32)41/h1-14,36-37,42-43H,(H2,34,35,44)(H,45,46,47)(H,48,49,50)(H,51,52,53)(H,54,55,56). The fourth-order valence-corrected chi connectivity index (χ4v) is 7.88. The summed E-state index contributed by atoms with van der Waals surface area (Å²) in [6, 6.07) is 7.18. The van der Waals surface area contributed by atoms with Crippen LogP contribution < -0.4 is 21.5 Å². The number of anilines is 4. The fraction of sp³-hybridized carbons (Fsp3) is 0. The minimum absolute atomic E-state index is 0.0564. The number of hydrogen-bond acceptors (Lipinski definition) is 17. The molecular weight excluding hydrogens is 881 g/mol. The molecule has 23 nitrogen and oxygen atoms in total. The van der Waals surface area contributed by atoms with Crippen molar-refractivity contribution in [1.29, 1.82) is 0 Å². The van der Waals surface area contributed by atoms with Crippen LogP contribution in [-0.2, 0) is 50.1 Å². The van der Waals surface area contributed by atoms with Crippen LogP contribution in [0.1, 0.15) is 22.3 Å². The Balaban J connectivity index is 1.26. The first-order valence-electron chi connectivity index (χ1n) is 15.9. The maximum atomic E-state index is 13.1. The highest BCUT2D eigenvalue weighted by Crippen LogP contribution is 2.36.